The fourth-order valence-corrected chi connectivity index (χ4v) is 0.999. The molecule has 5 heteroatoms. The Hall–Kier alpha value is -1.00. The van der Waals surface area contributed by atoms with Gasteiger partial charge in [-0.05, 0) is 12.1 Å². The largest absolute Gasteiger partial charge is 0.464 e. The second-order valence-corrected chi connectivity index (χ2v) is 2.64. The minimum atomic E-state index is 0.167. The highest BCUT2D eigenvalue weighted by Gasteiger charge is 2.02. The molecule has 0 amide bonds. The second-order valence-electron chi connectivity index (χ2n) is 2.29. The number of methoxy groups -OCH3 is 1. The van der Waals surface area contributed by atoms with E-state index in [1.165, 1.54) is 0 Å². The lowest BCUT2D eigenvalue weighted by molar-refractivity contribution is 0.0509. The van der Waals surface area contributed by atoms with Crippen LogP contribution in [-0.4, -0.2) is 25.9 Å². The van der Waals surface area contributed by atoms with E-state index in [4.69, 9.17) is 21.1 Å². The van der Waals surface area contributed by atoms with Crippen molar-refractivity contribution in [3.05, 3.63) is 17.3 Å². The number of halogens is 1. The number of anilines is 1. The van der Waals surface area contributed by atoms with Gasteiger partial charge in [0.25, 0.3) is 0 Å². The van der Waals surface area contributed by atoms with Crippen molar-refractivity contribution in [1.82, 2.24) is 4.98 Å². The molecule has 0 aliphatic carbocycles. The van der Waals surface area contributed by atoms with E-state index >= 15 is 0 Å². The molecule has 0 bridgehead atoms. The molecular formula is C8H11ClN2O2. The van der Waals surface area contributed by atoms with E-state index in [0.717, 1.165) is 0 Å². The average molecular weight is 203 g/mol. The minimum Gasteiger partial charge on any atom is -0.464 e. The van der Waals surface area contributed by atoms with Crippen LogP contribution in [0.2, 0.25) is 5.15 Å². The summed E-state index contributed by atoms with van der Waals surface area (Å²) in [6.07, 6.45) is 0. The predicted octanol–water partition coefficient (Wildman–Crippen LogP) is 1.76. The first-order chi connectivity index (χ1) is 6.27. The molecule has 72 valence electrons. The van der Waals surface area contributed by atoms with Crippen molar-refractivity contribution in [3.8, 4) is 5.75 Å². The molecule has 13 heavy (non-hydrogen) atoms. The highest BCUT2D eigenvalue weighted by atomic mass is 35.5. The van der Waals surface area contributed by atoms with Crippen LogP contribution in [0, 0.1) is 0 Å². The molecule has 0 aliphatic rings. The first-order valence-corrected chi connectivity index (χ1v) is 4.11. The fraction of sp³-hybridized carbons (Fsp3) is 0.375. The van der Waals surface area contributed by atoms with Crippen molar-refractivity contribution in [3.63, 3.8) is 0 Å². The Labute approximate surface area is 81.8 Å². The van der Waals surface area contributed by atoms with Gasteiger partial charge >= 0.3 is 0 Å². The molecule has 0 atom stereocenters. The van der Waals surface area contributed by atoms with E-state index in [9.17, 15) is 0 Å². The summed E-state index contributed by atoms with van der Waals surface area (Å²) in [6, 6.07) is 3.51. The molecule has 1 aromatic heterocycles. The van der Waals surface area contributed by atoms with Gasteiger partial charge in [0.1, 0.15) is 5.82 Å². The van der Waals surface area contributed by atoms with E-state index < -0.39 is 0 Å². The summed E-state index contributed by atoms with van der Waals surface area (Å²) in [4.78, 5) is 4.02. The van der Waals surface area contributed by atoms with Gasteiger partial charge in [0, 0.05) is 14.2 Å². The Bertz CT molecular complexity index is 281. The molecule has 0 aliphatic heterocycles. The van der Waals surface area contributed by atoms with Gasteiger partial charge in [0.2, 0.25) is 0 Å². The Balaban J connectivity index is 2.73. The zero-order chi connectivity index (χ0) is 9.68. The van der Waals surface area contributed by atoms with Gasteiger partial charge in [-0.3, -0.25) is 0 Å². The van der Waals surface area contributed by atoms with Gasteiger partial charge in [0.05, 0.1) is 0 Å². The number of nitrogens with zero attached hydrogens (tertiary/aromatic N) is 1. The summed E-state index contributed by atoms with van der Waals surface area (Å²) in [5.41, 5.74) is 0. The van der Waals surface area contributed by atoms with Crippen LogP contribution < -0.4 is 10.1 Å². The SMILES string of the molecule is CNc1ccc(OCOC)c(Cl)n1. The van der Waals surface area contributed by atoms with Crippen LogP contribution >= 0.6 is 11.6 Å². The molecule has 0 fully saturated rings. The molecule has 0 unspecified atom stereocenters. The van der Waals surface area contributed by atoms with Crippen molar-refractivity contribution in [2.75, 3.05) is 26.3 Å². The first-order valence-electron chi connectivity index (χ1n) is 3.74. The van der Waals surface area contributed by atoms with Crippen LogP contribution in [0.1, 0.15) is 0 Å². The van der Waals surface area contributed by atoms with E-state index in [0.29, 0.717) is 16.7 Å². The number of nitrogens with one attached hydrogen (secondary N) is 1. The lowest BCUT2D eigenvalue weighted by Gasteiger charge is -2.06. The van der Waals surface area contributed by atoms with Crippen LogP contribution in [-0.2, 0) is 4.74 Å². The van der Waals surface area contributed by atoms with E-state index in [2.05, 4.69) is 10.3 Å². The molecule has 0 aromatic carbocycles. The molecule has 1 aromatic rings. The fourth-order valence-electron chi connectivity index (χ4n) is 0.791. The van der Waals surface area contributed by atoms with Gasteiger partial charge in [-0.15, -0.1) is 0 Å². The maximum Gasteiger partial charge on any atom is 0.188 e. The summed E-state index contributed by atoms with van der Waals surface area (Å²) in [5.74, 6) is 1.22. The van der Waals surface area contributed by atoms with Gasteiger partial charge in [-0.2, -0.15) is 0 Å². The third kappa shape index (κ3) is 2.75. The zero-order valence-corrected chi connectivity index (χ0v) is 8.26. The van der Waals surface area contributed by atoms with Crippen molar-refractivity contribution in [2.24, 2.45) is 0 Å². The normalized spacial score (nSPS) is 9.77. The van der Waals surface area contributed by atoms with Crippen molar-refractivity contribution in [1.29, 1.82) is 0 Å². The van der Waals surface area contributed by atoms with E-state index in [1.807, 2.05) is 0 Å². The molecule has 0 spiro atoms. The maximum absolute atomic E-state index is 5.81. The quantitative estimate of drug-likeness (QED) is 0.597. The number of hydrogen-bond acceptors (Lipinski definition) is 4. The smallest absolute Gasteiger partial charge is 0.188 e. The summed E-state index contributed by atoms with van der Waals surface area (Å²) in [7, 11) is 3.32. The van der Waals surface area contributed by atoms with Crippen LogP contribution in [0.5, 0.6) is 5.75 Å². The number of ether oxygens (including phenoxy) is 2. The first kappa shape index (κ1) is 10.1. The predicted molar refractivity (Wildman–Crippen MR) is 51.3 cm³/mol. The molecule has 1 heterocycles. The number of aromatic nitrogens is 1. The molecule has 4 nitrogen and oxygen atoms in total. The summed E-state index contributed by atoms with van der Waals surface area (Å²) in [6.45, 7) is 0.167. The maximum atomic E-state index is 5.81. The monoisotopic (exact) mass is 202 g/mol. The Kier molecular flexibility index (Phi) is 3.79. The summed E-state index contributed by atoms with van der Waals surface area (Å²) >= 11 is 5.81. The van der Waals surface area contributed by atoms with Crippen molar-refractivity contribution < 1.29 is 9.47 Å². The van der Waals surface area contributed by atoms with Gasteiger partial charge < -0.3 is 14.8 Å². The highest BCUT2D eigenvalue weighted by Crippen LogP contribution is 2.23. The third-order valence-electron chi connectivity index (χ3n) is 1.40. The van der Waals surface area contributed by atoms with E-state index in [-0.39, 0.29) is 6.79 Å². The van der Waals surface area contributed by atoms with Crippen LogP contribution in [0.4, 0.5) is 5.82 Å². The van der Waals surface area contributed by atoms with Gasteiger partial charge in [-0.25, -0.2) is 4.98 Å². The minimum absolute atomic E-state index is 0.167. The van der Waals surface area contributed by atoms with Crippen LogP contribution in [0.25, 0.3) is 0 Å². The number of rotatable bonds is 4. The lowest BCUT2D eigenvalue weighted by atomic mass is 10.4. The van der Waals surface area contributed by atoms with Crippen LogP contribution in [0.3, 0.4) is 0 Å². The Morgan fingerprint density at radius 2 is 2.31 bits per heavy atom. The standard InChI is InChI=1S/C8H11ClN2O2/c1-10-7-4-3-6(8(9)11-7)13-5-12-2/h3-4H,5H2,1-2H3,(H,10,11). The molecule has 1 N–H and O–H groups in total. The Morgan fingerprint density at radius 1 is 1.54 bits per heavy atom. The number of pyridine rings is 1. The van der Waals surface area contributed by atoms with Gasteiger partial charge in [-0.1, -0.05) is 11.6 Å². The van der Waals surface area contributed by atoms with E-state index in [1.54, 1.807) is 26.3 Å². The van der Waals surface area contributed by atoms with Gasteiger partial charge in [0.15, 0.2) is 17.7 Å². The zero-order valence-electron chi connectivity index (χ0n) is 7.50. The lowest BCUT2D eigenvalue weighted by Crippen LogP contribution is -2.01. The number of hydrogen-bond donors (Lipinski definition) is 1. The molecule has 1 rings (SSSR count). The Morgan fingerprint density at radius 3 is 2.85 bits per heavy atom. The molecular weight excluding hydrogens is 192 g/mol. The highest BCUT2D eigenvalue weighted by molar-refractivity contribution is 6.30. The van der Waals surface area contributed by atoms with Crippen molar-refractivity contribution in [2.45, 2.75) is 0 Å². The molecule has 0 saturated heterocycles. The summed E-state index contributed by atoms with van der Waals surface area (Å²) in [5, 5.41) is 3.19. The average Bonchev–Trinajstić information content (AvgIpc) is 2.16. The summed E-state index contributed by atoms with van der Waals surface area (Å²) < 4.78 is 9.87. The van der Waals surface area contributed by atoms with Crippen molar-refractivity contribution >= 4 is 17.4 Å². The third-order valence-corrected chi connectivity index (χ3v) is 1.67. The molecule has 0 saturated carbocycles. The van der Waals surface area contributed by atoms with Crippen LogP contribution in [0.15, 0.2) is 12.1 Å². The second kappa shape index (κ2) is 4.89. The molecule has 0 radical (unpaired) electrons. The topological polar surface area (TPSA) is 43.4 Å².